The second-order valence-corrected chi connectivity index (χ2v) is 6.06. The van der Waals surface area contributed by atoms with Crippen molar-refractivity contribution >= 4 is 0 Å². The summed E-state index contributed by atoms with van der Waals surface area (Å²) in [6.45, 7) is 4.09. The monoisotopic (exact) mass is 277 g/mol. The van der Waals surface area contributed by atoms with E-state index in [1.165, 1.54) is 32.1 Å². The molecule has 3 heteroatoms. The van der Waals surface area contributed by atoms with Gasteiger partial charge in [-0.05, 0) is 30.9 Å². The first kappa shape index (κ1) is 15.2. The van der Waals surface area contributed by atoms with Crippen molar-refractivity contribution in [2.24, 2.45) is 11.8 Å². The van der Waals surface area contributed by atoms with E-state index in [-0.39, 0.29) is 5.75 Å². The Morgan fingerprint density at radius 2 is 2.00 bits per heavy atom. The van der Waals surface area contributed by atoms with Crippen LogP contribution < -0.4 is 10.1 Å². The third-order valence-corrected chi connectivity index (χ3v) is 4.48. The van der Waals surface area contributed by atoms with E-state index >= 15 is 0 Å². The molecule has 0 spiro atoms. The van der Waals surface area contributed by atoms with E-state index in [1.807, 2.05) is 12.1 Å². The molecule has 0 aliphatic heterocycles. The second kappa shape index (κ2) is 7.53. The standard InChI is InChI=1S/C17H27NO2/c1-13-6-8-14(9-7-13)10-11-18-12-15-4-3-5-16(20-2)17(15)19/h3-5,13-14,18-19H,6-12H2,1-2H3. The van der Waals surface area contributed by atoms with Gasteiger partial charge in [0.15, 0.2) is 11.5 Å². The minimum Gasteiger partial charge on any atom is -0.504 e. The lowest BCUT2D eigenvalue weighted by molar-refractivity contribution is 0.275. The van der Waals surface area contributed by atoms with E-state index in [1.54, 1.807) is 13.2 Å². The van der Waals surface area contributed by atoms with Crippen molar-refractivity contribution in [1.82, 2.24) is 5.32 Å². The number of aromatic hydroxyl groups is 1. The molecule has 0 bridgehead atoms. The van der Waals surface area contributed by atoms with Gasteiger partial charge < -0.3 is 15.2 Å². The predicted octanol–water partition coefficient (Wildman–Crippen LogP) is 3.71. The lowest BCUT2D eigenvalue weighted by Gasteiger charge is -2.26. The van der Waals surface area contributed by atoms with Gasteiger partial charge in [-0.15, -0.1) is 0 Å². The number of benzene rings is 1. The maximum atomic E-state index is 10.0. The van der Waals surface area contributed by atoms with Crippen LogP contribution in [-0.4, -0.2) is 18.8 Å². The second-order valence-electron chi connectivity index (χ2n) is 6.06. The fourth-order valence-corrected chi connectivity index (χ4v) is 3.02. The van der Waals surface area contributed by atoms with Crippen molar-refractivity contribution in [3.8, 4) is 11.5 Å². The van der Waals surface area contributed by atoms with Crippen molar-refractivity contribution in [2.75, 3.05) is 13.7 Å². The van der Waals surface area contributed by atoms with Crippen LogP contribution in [0.1, 0.15) is 44.6 Å². The Bertz CT molecular complexity index is 411. The third-order valence-electron chi connectivity index (χ3n) is 4.48. The summed E-state index contributed by atoms with van der Waals surface area (Å²) in [7, 11) is 1.58. The van der Waals surface area contributed by atoms with Gasteiger partial charge in [-0.3, -0.25) is 0 Å². The van der Waals surface area contributed by atoms with E-state index in [0.717, 1.165) is 23.9 Å². The van der Waals surface area contributed by atoms with Crippen LogP contribution in [0.2, 0.25) is 0 Å². The normalized spacial score (nSPS) is 22.7. The summed E-state index contributed by atoms with van der Waals surface area (Å²) in [5, 5.41) is 13.4. The Kier molecular flexibility index (Phi) is 5.72. The molecule has 2 rings (SSSR count). The molecule has 0 amide bonds. The summed E-state index contributed by atoms with van der Waals surface area (Å²) in [6.07, 6.45) is 6.79. The first-order valence-corrected chi connectivity index (χ1v) is 7.76. The average Bonchev–Trinajstić information content (AvgIpc) is 2.47. The number of methoxy groups -OCH3 is 1. The van der Waals surface area contributed by atoms with Gasteiger partial charge >= 0.3 is 0 Å². The van der Waals surface area contributed by atoms with Crippen molar-refractivity contribution in [1.29, 1.82) is 0 Å². The highest BCUT2D eigenvalue weighted by atomic mass is 16.5. The van der Waals surface area contributed by atoms with Crippen LogP contribution in [0.4, 0.5) is 0 Å². The van der Waals surface area contributed by atoms with Gasteiger partial charge in [-0.25, -0.2) is 0 Å². The number of rotatable bonds is 6. The molecule has 2 N–H and O–H groups in total. The molecule has 0 heterocycles. The lowest BCUT2D eigenvalue weighted by atomic mass is 9.81. The van der Waals surface area contributed by atoms with Crippen molar-refractivity contribution < 1.29 is 9.84 Å². The minimum absolute atomic E-state index is 0.258. The number of phenolic OH excluding ortho intramolecular Hbond substituents is 1. The molecule has 112 valence electrons. The SMILES string of the molecule is COc1cccc(CNCCC2CCC(C)CC2)c1O. The van der Waals surface area contributed by atoms with Crippen LogP contribution in [0.5, 0.6) is 11.5 Å². The molecule has 0 aromatic heterocycles. The van der Waals surface area contributed by atoms with Gasteiger partial charge in [0.25, 0.3) is 0 Å². The summed E-state index contributed by atoms with van der Waals surface area (Å²) in [5.74, 6) is 2.62. The number of phenols is 1. The highest BCUT2D eigenvalue weighted by Crippen LogP contribution is 2.31. The molecule has 0 saturated heterocycles. The Balaban J connectivity index is 1.71. The van der Waals surface area contributed by atoms with Crippen LogP contribution in [-0.2, 0) is 6.54 Å². The van der Waals surface area contributed by atoms with Gasteiger partial charge in [0.2, 0.25) is 0 Å². The molecule has 3 nitrogen and oxygen atoms in total. The topological polar surface area (TPSA) is 41.5 Å². The number of hydrogen-bond donors (Lipinski definition) is 2. The van der Waals surface area contributed by atoms with Crippen molar-refractivity contribution in [2.45, 2.75) is 45.6 Å². The van der Waals surface area contributed by atoms with Crippen molar-refractivity contribution in [3.05, 3.63) is 23.8 Å². The highest BCUT2D eigenvalue weighted by molar-refractivity contribution is 5.45. The average molecular weight is 277 g/mol. The van der Waals surface area contributed by atoms with E-state index in [9.17, 15) is 5.11 Å². The lowest BCUT2D eigenvalue weighted by Crippen LogP contribution is -2.20. The Hall–Kier alpha value is -1.22. The summed E-state index contributed by atoms with van der Waals surface area (Å²) in [4.78, 5) is 0. The van der Waals surface area contributed by atoms with Gasteiger partial charge in [-0.2, -0.15) is 0 Å². The van der Waals surface area contributed by atoms with Gasteiger partial charge in [0.1, 0.15) is 0 Å². The molecule has 1 aliphatic carbocycles. The number of nitrogens with one attached hydrogen (secondary N) is 1. The van der Waals surface area contributed by atoms with Crippen LogP contribution in [0.25, 0.3) is 0 Å². The maximum Gasteiger partial charge on any atom is 0.162 e. The molecule has 20 heavy (non-hydrogen) atoms. The Morgan fingerprint density at radius 1 is 1.25 bits per heavy atom. The molecule has 1 aliphatic rings. The van der Waals surface area contributed by atoms with Gasteiger partial charge in [0, 0.05) is 12.1 Å². The van der Waals surface area contributed by atoms with Crippen LogP contribution in [0, 0.1) is 11.8 Å². The summed E-state index contributed by atoms with van der Waals surface area (Å²) in [6, 6.07) is 5.63. The molecule has 1 saturated carbocycles. The molecular weight excluding hydrogens is 250 g/mol. The number of para-hydroxylation sites is 1. The molecule has 0 radical (unpaired) electrons. The van der Waals surface area contributed by atoms with Crippen LogP contribution >= 0.6 is 0 Å². The van der Waals surface area contributed by atoms with Crippen LogP contribution in [0.3, 0.4) is 0 Å². The molecule has 0 unspecified atom stereocenters. The Labute approximate surface area is 122 Å². The molecule has 0 atom stereocenters. The molecular formula is C17H27NO2. The van der Waals surface area contributed by atoms with E-state index in [0.29, 0.717) is 12.3 Å². The highest BCUT2D eigenvalue weighted by Gasteiger charge is 2.17. The smallest absolute Gasteiger partial charge is 0.162 e. The van der Waals surface area contributed by atoms with Gasteiger partial charge in [0.05, 0.1) is 7.11 Å². The molecule has 1 aromatic carbocycles. The van der Waals surface area contributed by atoms with E-state index in [2.05, 4.69) is 12.2 Å². The van der Waals surface area contributed by atoms with Crippen LogP contribution in [0.15, 0.2) is 18.2 Å². The number of hydrogen-bond acceptors (Lipinski definition) is 3. The zero-order chi connectivity index (χ0) is 14.4. The summed E-state index contributed by atoms with van der Waals surface area (Å²) < 4.78 is 5.12. The van der Waals surface area contributed by atoms with E-state index < -0.39 is 0 Å². The molecule has 1 fully saturated rings. The minimum atomic E-state index is 0.258. The number of ether oxygens (including phenoxy) is 1. The first-order chi connectivity index (χ1) is 9.70. The largest absolute Gasteiger partial charge is 0.504 e. The predicted molar refractivity (Wildman–Crippen MR) is 82.1 cm³/mol. The first-order valence-electron chi connectivity index (χ1n) is 7.76. The van der Waals surface area contributed by atoms with Gasteiger partial charge in [-0.1, -0.05) is 44.7 Å². The quantitative estimate of drug-likeness (QED) is 0.779. The zero-order valence-corrected chi connectivity index (χ0v) is 12.7. The van der Waals surface area contributed by atoms with E-state index in [4.69, 9.17) is 4.74 Å². The third kappa shape index (κ3) is 4.14. The summed E-state index contributed by atoms with van der Waals surface area (Å²) in [5.41, 5.74) is 0.904. The molecule has 1 aromatic rings. The van der Waals surface area contributed by atoms with Crippen molar-refractivity contribution in [3.63, 3.8) is 0 Å². The zero-order valence-electron chi connectivity index (χ0n) is 12.7. The fraction of sp³-hybridized carbons (Fsp3) is 0.647. The Morgan fingerprint density at radius 3 is 2.70 bits per heavy atom. The summed E-state index contributed by atoms with van der Waals surface area (Å²) >= 11 is 0. The fourth-order valence-electron chi connectivity index (χ4n) is 3.02. The maximum absolute atomic E-state index is 10.0.